The van der Waals surface area contributed by atoms with E-state index in [9.17, 15) is 5.11 Å². The number of aliphatic hydroxyl groups excluding tert-OH is 1. The third-order valence-corrected chi connectivity index (χ3v) is 3.71. The fourth-order valence-electron chi connectivity index (χ4n) is 2.56. The molecule has 0 bridgehead atoms. The lowest BCUT2D eigenvalue weighted by molar-refractivity contribution is -0.0178. The van der Waals surface area contributed by atoms with E-state index in [0.717, 1.165) is 29.5 Å². The molecule has 1 saturated heterocycles. The van der Waals surface area contributed by atoms with Crippen LogP contribution in [0.3, 0.4) is 0 Å². The topological polar surface area (TPSA) is 42.4 Å². The lowest BCUT2D eigenvalue weighted by atomic mass is 9.95. The van der Waals surface area contributed by atoms with Crippen molar-refractivity contribution in [3.63, 3.8) is 0 Å². The van der Waals surface area contributed by atoms with Crippen molar-refractivity contribution in [2.24, 2.45) is 5.92 Å². The molecule has 0 spiro atoms. The van der Waals surface area contributed by atoms with Gasteiger partial charge in [-0.15, -0.1) is 0 Å². The third-order valence-electron chi connectivity index (χ3n) is 3.71. The molecule has 0 saturated carbocycles. The number of hydrogen-bond donors (Lipinski definition) is 1. The van der Waals surface area contributed by atoms with Crippen LogP contribution in [0.4, 0.5) is 0 Å². The number of ether oxygens (including phenoxy) is 1. The molecule has 1 aliphatic rings. The highest BCUT2D eigenvalue weighted by Crippen LogP contribution is 2.31. The summed E-state index contributed by atoms with van der Waals surface area (Å²) in [7, 11) is 0. The van der Waals surface area contributed by atoms with Crippen molar-refractivity contribution in [3.05, 3.63) is 42.1 Å². The summed E-state index contributed by atoms with van der Waals surface area (Å²) < 4.78 is 5.62. The minimum absolute atomic E-state index is 0.104. The Balaban J connectivity index is 1.93. The van der Waals surface area contributed by atoms with E-state index in [2.05, 4.69) is 11.9 Å². The van der Waals surface area contributed by atoms with Crippen molar-refractivity contribution in [1.29, 1.82) is 0 Å². The van der Waals surface area contributed by atoms with Gasteiger partial charge in [-0.05, 0) is 24.5 Å². The van der Waals surface area contributed by atoms with Gasteiger partial charge in [0.05, 0.1) is 11.6 Å². The van der Waals surface area contributed by atoms with Crippen LogP contribution in [0.5, 0.6) is 0 Å². The Labute approximate surface area is 106 Å². The largest absolute Gasteiger partial charge is 0.386 e. The molecule has 1 aromatic carbocycles. The Morgan fingerprint density at radius 3 is 3.00 bits per heavy atom. The van der Waals surface area contributed by atoms with Gasteiger partial charge in [0.1, 0.15) is 6.10 Å². The number of hydrogen-bond acceptors (Lipinski definition) is 3. The second kappa shape index (κ2) is 4.67. The summed E-state index contributed by atoms with van der Waals surface area (Å²) in [5, 5.41) is 11.4. The highest BCUT2D eigenvalue weighted by atomic mass is 16.5. The molecular formula is C15H17NO2. The van der Waals surface area contributed by atoms with Gasteiger partial charge >= 0.3 is 0 Å². The van der Waals surface area contributed by atoms with E-state index in [1.807, 2.05) is 30.3 Å². The molecule has 3 rings (SSSR count). The smallest absolute Gasteiger partial charge is 0.107 e. The molecule has 3 heteroatoms. The normalized spacial score (nSPS) is 25.4. The first-order valence-corrected chi connectivity index (χ1v) is 6.40. The number of fused-ring (bicyclic) bond motifs is 1. The van der Waals surface area contributed by atoms with Crippen LogP contribution in [-0.4, -0.2) is 22.8 Å². The summed E-state index contributed by atoms with van der Waals surface area (Å²) in [5.41, 5.74) is 1.79. The van der Waals surface area contributed by atoms with Crippen molar-refractivity contribution in [1.82, 2.24) is 4.98 Å². The van der Waals surface area contributed by atoms with Crippen molar-refractivity contribution >= 4 is 10.9 Å². The van der Waals surface area contributed by atoms with Crippen LogP contribution < -0.4 is 0 Å². The van der Waals surface area contributed by atoms with Gasteiger partial charge in [-0.3, -0.25) is 4.98 Å². The Bertz CT molecular complexity index is 555. The summed E-state index contributed by atoms with van der Waals surface area (Å²) in [4.78, 5) is 4.38. The molecule has 1 aliphatic heterocycles. The second-order valence-corrected chi connectivity index (χ2v) is 5.01. The average Bonchev–Trinajstić information content (AvgIpc) is 2.83. The minimum Gasteiger partial charge on any atom is -0.386 e. The van der Waals surface area contributed by atoms with E-state index < -0.39 is 6.10 Å². The first-order chi connectivity index (χ1) is 8.75. The number of rotatable bonds is 2. The maximum Gasteiger partial charge on any atom is 0.107 e. The van der Waals surface area contributed by atoms with Crippen molar-refractivity contribution in [3.8, 4) is 0 Å². The Morgan fingerprint density at radius 1 is 1.39 bits per heavy atom. The van der Waals surface area contributed by atoms with E-state index in [4.69, 9.17) is 4.74 Å². The lowest BCUT2D eigenvalue weighted by Gasteiger charge is -2.21. The number of pyridine rings is 1. The molecule has 1 N–H and O–H groups in total. The Hall–Kier alpha value is -1.45. The fourth-order valence-corrected chi connectivity index (χ4v) is 2.56. The summed E-state index contributed by atoms with van der Waals surface area (Å²) in [5.74, 6) is 0.395. The van der Waals surface area contributed by atoms with Crippen LogP contribution in [0.1, 0.15) is 25.0 Å². The quantitative estimate of drug-likeness (QED) is 0.881. The molecule has 2 heterocycles. The van der Waals surface area contributed by atoms with Gasteiger partial charge < -0.3 is 9.84 Å². The zero-order valence-electron chi connectivity index (χ0n) is 10.4. The van der Waals surface area contributed by atoms with E-state index in [0.29, 0.717) is 5.92 Å². The predicted molar refractivity (Wildman–Crippen MR) is 70.2 cm³/mol. The highest BCUT2D eigenvalue weighted by Gasteiger charge is 2.31. The van der Waals surface area contributed by atoms with E-state index in [-0.39, 0.29) is 6.10 Å². The molecule has 0 aliphatic carbocycles. The number of aliphatic hydroxyl groups is 1. The number of nitrogens with zero attached hydrogens (tertiary/aromatic N) is 1. The first-order valence-electron chi connectivity index (χ1n) is 6.40. The average molecular weight is 243 g/mol. The van der Waals surface area contributed by atoms with Crippen LogP contribution in [0.25, 0.3) is 10.9 Å². The van der Waals surface area contributed by atoms with Crippen LogP contribution in [0.2, 0.25) is 0 Å². The SMILES string of the molecule is CC1CCOC1C(O)c1cnc2ccccc2c1. The molecule has 94 valence electrons. The standard InChI is InChI=1S/C15H17NO2/c1-10-6-7-18-15(10)14(17)12-8-11-4-2-3-5-13(11)16-9-12/h2-5,8-10,14-15,17H,6-7H2,1H3. The van der Waals surface area contributed by atoms with Crippen molar-refractivity contribution < 1.29 is 9.84 Å². The van der Waals surface area contributed by atoms with Crippen LogP contribution in [-0.2, 0) is 4.74 Å². The number of benzene rings is 1. The summed E-state index contributed by atoms with van der Waals surface area (Å²) in [6.07, 6.45) is 2.08. The first kappa shape index (κ1) is 11.6. The third kappa shape index (κ3) is 2.00. The van der Waals surface area contributed by atoms with Crippen LogP contribution in [0.15, 0.2) is 36.5 Å². The van der Waals surface area contributed by atoms with Gasteiger partial charge in [-0.25, -0.2) is 0 Å². The molecule has 0 radical (unpaired) electrons. The molecule has 3 nitrogen and oxygen atoms in total. The van der Waals surface area contributed by atoms with E-state index in [1.54, 1.807) is 6.20 Å². The number of para-hydroxylation sites is 1. The summed E-state index contributed by atoms with van der Waals surface area (Å²) in [6, 6.07) is 9.93. The summed E-state index contributed by atoms with van der Waals surface area (Å²) >= 11 is 0. The van der Waals surface area contributed by atoms with Crippen LogP contribution >= 0.6 is 0 Å². The molecule has 1 fully saturated rings. The van der Waals surface area contributed by atoms with Gasteiger partial charge in [0.15, 0.2) is 0 Å². The van der Waals surface area contributed by atoms with Gasteiger partial charge in [0.2, 0.25) is 0 Å². The molecule has 1 aromatic heterocycles. The summed E-state index contributed by atoms with van der Waals surface area (Å²) in [6.45, 7) is 2.86. The zero-order valence-corrected chi connectivity index (χ0v) is 10.4. The molecule has 2 aromatic rings. The Morgan fingerprint density at radius 2 is 2.22 bits per heavy atom. The lowest BCUT2D eigenvalue weighted by Crippen LogP contribution is -2.23. The predicted octanol–water partition coefficient (Wildman–Crippen LogP) is 2.69. The molecule has 3 unspecified atom stereocenters. The maximum absolute atomic E-state index is 10.4. The zero-order chi connectivity index (χ0) is 12.5. The number of aromatic nitrogens is 1. The highest BCUT2D eigenvalue weighted by molar-refractivity contribution is 5.78. The minimum atomic E-state index is -0.584. The monoisotopic (exact) mass is 243 g/mol. The van der Waals surface area contributed by atoms with Gasteiger partial charge in [0.25, 0.3) is 0 Å². The van der Waals surface area contributed by atoms with Crippen molar-refractivity contribution in [2.75, 3.05) is 6.61 Å². The Kier molecular flexibility index (Phi) is 3.02. The fraction of sp³-hybridized carbons (Fsp3) is 0.400. The van der Waals surface area contributed by atoms with Gasteiger partial charge in [0, 0.05) is 23.8 Å². The van der Waals surface area contributed by atoms with E-state index in [1.165, 1.54) is 0 Å². The second-order valence-electron chi connectivity index (χ2n) is 5.01. The molecular weight excluding hydrogens is 226 g/mol. The van der Waals surface area contributed by atoms with Gasteiger partial charge in [-0.2, -0.15) is 0 Å². The molecule has 18 heavy (non-hydrogen) atoms. The van der Waals surface area contributed by atoms with Gasteiger partial charge in [-0.1, -0.05) is 25.1 Å². The molecule has 3 atom stereocenters. The van der Waals surface area contributed by atoms with E-state index >= 15 is 0 Å². The maximum atomic E-state index is 10.4. The van der Waals surface area contributed by atoms with Crippen LogP contribution in [0, 0.1) is 5.92 Å². The molecule has 0 amide bonds. The van der Waals surface area contributed by atoms with Crippen molar-refractivity contribution in [2.45, 2.75) is 25.6 Å².